The summed E-state index contributed by atoms with van der Waals surface area (Å²) in [4.78, 5) is 10.4. The Kier molecular flexibility index (Phi) is 20.6. The van der Waals surface area contributed by atoms with Crippen LogP contribution in [0.4, 0.5) is 13.2 Å². The van der Waals surface area contributed by atoms with Gasteiger partial charge in [0.05, 0.1) is 28.5 Å². The molecule has 0 spiro atoms. The second-order valence-electron chi connectivity index (χ2n) is 14.7. The molecule has 0 fully saturated rings. The number of benzene rings is 7. The third kappa shape index (κ3) is 13.8. The van der Waals surface area contributed by atoms with E-state index in [4.69, 9.17) is 23.4 Å². The summed E-state index contributed by atoms with van der Waals surface area (Å²) in [6.45, 7) is 0. The third-order valence-electron chi connectivity index (χ3n) is 10.5. The van der Waals surface area contributed by atoms with Gasteiger partial charge in [-0.2, -0.15) is 13.2 Å². The molecule has 18 heteroatoms. The van der Waals surface area contributed by atoms with E-state index in [1.807, 2.05) is 133 Å². The molecule has 4 atom stereocenters. The summed E-state index contributed by atoms with van der Waals surface area (Å²) in [5, 5.41) is 22.2. The van der Waals surface area contributed by atoms with Gasteiger partial charge in [-0.3, -0.25) is 0 Å². The van der Waals surface area contributed by atoms with Crippen molar-refractivity contribution in [3.8, 4) is 56.3 Å². The molecule has 7 aromatic carbocycles. The van der Waals surface area contributed by atoms with Crippen molar-refractivity contribution in [3.63, 3.8) is 0 Å². The number of fused-ring (bicyclic) bond motifs is 4. The van der Waals surface area contributed by atoms with Crippen LogP contribution in [0.25, 0.3) is 77.3 Å². The zero-order chi connectivity index (χ0) is 45.7. The topological polar surface area (TPSA) is 165 Å². The van der Waals surface area contributed by atoms with Crippen LogP contribution in [-0.4, -0.2) is 50.0 Å². The van der Waals surface area contributed by atoms with Gasteiger partial charge in [-0.15, -0.1) is 0 Å². The molecule has 9 rings (SSSR count). The molecular weight excluding hydrogens is 1080 g/mol. The summed E-state index contributed by atoms with van der Waals surface area (Å²) in [6, 6.07) is 53.7. The molecule has 0 bridgehead atoms. The van der Waals surface area contributed by atoms with Gasteiger partial charge in [0.1, 0.15) is 34.2 Å². The van der Waals surface area contributed by atoms with E-state index in [0.29, 0.717) is 16.6 Å². The number of nitrogens with zero attached hydrogens (tertiary/aromatic N) is 2. The van der Waals surface area contributed by atoms with Crippen LogP contribution in [0.1, 0.15) is 18.1 Å². The number of aliphatic hydroxyl groups excluding tert-OH is 2. The third-order valence-corrected chi connectivity index (χ3v) is 11.2. The maximum atomic E-state index is 12.2. The largest absolute Gasteiger partial charge is 1.00 e. The molecule has 0 aliphatic carbocycles. The van der Waals surface area contributed by atoms with Gasteiger partial charge in [-0.1, -0.05) is 133 Å². The average Bonchev–Trinajstić information content (AvgIpc) is 3.31. The maximum absolute atomic E-state index is 12.2. The number of aliphatic hydroxyl groups is 2. The molecule has 1 radical (unpaired) electrons. The molecule has 0 saturated heterocycles. The normalized spacial score (nSPS) is 12.8. The molecule has 335 valence electrons. The number of halogens is 3. The van der Waals surface area contributed by atoms with E-state index in [9.17, 15) is 35.8 Å². The molecule has 0 aliphatic rings. The molecule has 2 heterocycles. The Bertz CT molecular complexity index is 3020. The Balaban J connectivity index is 0.000000333. The standard InChI is InChI=1S/C36H24N2O6S2.C14H13F3O2.Eu.2Na/c39-45(40)43-27-15-11-23(12-16-27)31-21-33(25-7-3-1-4-8-25)37-35-29(31)19-20-30-32(24-13-17-28(18-14-24)44-46(41)42)22-34(38-36(30)35)26-9-5-2-6-10-26;15-14(16,17)13(19)8-12(18)11-6-5-9-3-1-2-4-10(9)7-11;;;/h1-22H,(H,39,40)(H,41,42);1-7,12-13,18-19H,8H2;;;/q;;;2*+1/p-2. The van der Waals surface area contributed by atoms with Gasteiger partial charge >= 0.3 is 65.3 Å². The molecule has 2 aromatic heterocycles. The van der Waals surface area contributed by atoms with Gasteiger partial charge in [0.25, 0.3) is 0 Å². The van der Waals surface area contributed by atoms with Gasteiger partial charge in [-0.05, 0) is 81.1 Å². The summed E-state index contributed by atoms with van der Waals surface area (Å²) in [7, 11) is 0. The molecule has 2 N–H and O–H groups in total. The number of rotatable bonds is 11. The quantitative estimate of drug-likeness (QED) is 0.103. The molecular formula is C50H35EuF3N2Na2O8S2. The van der Waals surface area contributed by atoms with E-state index in [2.05, 4.69) is 0 Å². The predicted molar refractivity (Wildman–Crippen MR) is 243 cm³/mol. The number of aromatic nitrogens is 2. The smallest absolute Gasteiger partial charge is 0.740 e. The van der Waals surface area contributed by atoms with Crippen molar-refractivity contribution in [1.29, 1.82) is 0 Å². The summed E-state index contributed by atoms with van der Waals surface area (Å²) in [6.07, 6.45) is -9.34. The first-order valence-electron chi connectivity index (χ1n) is 19.9. The fourth-order valence-corrected chi connectivity index (χ4v) is 7.94. The fraction of sp³-hybridized carbons (Fsp3) is 0.0800. The van der Waals surface area contributed by atoms with Crippen LogP contribution in [-0.2, 0) is 22.7 Å². The number of alkyl halides is 3. The summed E-state index contributed by atoms with van der Waals surface area (Å²) in [5.74, 6) is 0.418. The second-order valence-corrected chi connectivity index (χ2v) is 15.9. The number of hydrogen-bond donors (Lipinski definition) is 2. The van der Waals surface area contributed by atoms with E-state index in [-0.39, 0.29) is 120 Å². The Hall–Kier alpha value is -3.27. The second kappa shape index (κ2) is 25.2. The van der Waals surface area contributed by atoms with Crippen molar-refractivity contribution in [2.45, 2.75) is 24.8 Å². The van der Waals surface area contributed by atoms with Crippen LogP contribution in [0.15, 0.2) is 176 Å². The molecule has 0 aliphatic heterocycles. The maximum Gasteiger partial charge on any atom is 1.00 e. The minimum Gasteiger partial charge on any atom is -0.740 e. The van der Waals surface area contributed by atoms with Crippen molar-refractivity contribution in [2.75, 3.05) is 0 Å². The van der Waals surface area contributed by atoms with E-state index in [0.717, 1.165) is 66.3 Å². The molecule has 0 amide bonds. The first-order chi connectivity index (χ1) is 31.3. The van der Waals surface area contributed by atoms with Gasteiger partial charge < -0.3 is 27.7 Å². The van der Waals surface area contributed by atoms with Crippen molar-refractivity contribution >= 4 is 55.3 Å². The zero-order valence-corrected chi connectivity index (χ0v) is 44.2. The van der Waals surface area contributed by atoms with E-state index in [1.54, 1.807) is 42.5 Å². The van der Waals surface area contributed by atoms with Crippen LogP contribution >= 0.6 is 0 Å². The van der Waals surface area contributed by atoms with Gasteiger partial charge in [0, 0.05) is 77.7 Å². The van der Waals surface area contributed by atoms with Crippen molar-refractivity contribution in [3.05, 3.63) is 181 Å². The van der Waals surface area contributed by atoms with Crippen molar-refractivity contribution in [2.24, 2.45) is 0 Å². The van der Waals surface area contributed by atoms with Crippen LogP contribution in [0.2, 0.25) is 0 Å². The van der Waals surface area contributed by atoms with Crippen molar-refractivity contribution < 1.29 is 158 Å². The van der Waals surface area contributed by atoms with E-state index in [1.165, 1.54) is 0 Å². The Morgan fingerprint density at radius 2 is 0.941 bits per heavy atom. The van der Waals surface area contributed by atoms with Crippen LogP contribution in [0.3, 0.4) is 0 Å². The molecule has 4 unspecified atom stereocenters. The Morgan fingerprint density at radius 3 is 1.35 bits per heavy atom. The Morgan fingerprint density at radius 1 is 0.529 bits per heavy atom. The first-order valence-corrected chi connectivity index (χ1v) is 21.9. The van der Waals surface area contributed by atoms with Gasteiger partial charge in [0.2, 0.25) is 0 Å². The molecule has 0 saturated carbocycles. The molecule has 9 aromatic rings. The summed E-state index contributed by atoms with van der Waals surface area (Å²) < 4.78 is 90.6. The van der Waals surface area contributed by atoms with E-state index >= 15 is 0 Å². The van der Waals surface area contributed by atoms with Crippen LogP contribution < -0.4 is 67.5 Å². The summed E-state index contributed by atoms with van der Waals surface area (Å²) in [5.41, 5.74) is 8.56. The van der Waals surface area contributed by atoms with Crippen LogP contribution in [0, 0.1) is 49.4 Å². The Labute approximate surface area is 479 Å². The first kappa shape index (κ1) is 55.7. The minimum absolute atomic E-state index is 0. The predicted octanol–water partition coefficient (Wildman–Crippen LogP) is 4.99. The SMILES string of the molecule is O=S([O-])Oc1ccc(-c2cc(-c3ccccc3)nc3c2ccc2c(-c4ccc(OS(=O)[O-])cc4)cc(-c4ccccc4)nc23)cc1.OC(CC(O)C(F)(F)F)c1ccc2ccccc2c1.[Eu].[Na+].[Na+]. The molecule has 10 nitrogen and oxygen atoms in total. The fourth-order valence-electron chi connectivity index (χ4n) is 7.40. The summed E-state index contributed by atoms with van der Waals surface area (Å²) >= 11 is -5.35. The number of hydrogen-bond acceptors (Lipinski definition) is 10. The zero-order valence-electron chi connectivity index (χ0n) is 36.2. The average molecular weight is 1110 g/mol. The number of pyridine rings is 2. The van der Waals surface area contributed by atoms with E-state index < -0.39 is 47.5 Å². The van der Waals surface area contributed by atoms with Crippen molar-refractivity contribution in [1.82, 2.24) is 9.97 Å². The molecule has 68 heavy (non-hydrogen) atoms. The minimum atomic E-state index is -4.71. The van der Waals surface area contributed by atoms with Crippen LogP contribution in [0.5, 0.6) is 11.5 Å². The van der Waals surface area contributed by atoms with Gasteiger partial charge in [-0.25, -0.2) is 18.4 Å². The monoisotopic (exact) mass is 1110 g/mol. The van der Waals surface area contributed by atoms with Gasteiger partial charge in [0.15, 0.2) is 6.10 Å².